The summed E-state index contributed by atoms with van der Waals surface area (Å²) in [5.74, 6) is -1.54. The van der Waals surface area contributed by atoms with Crippen LogP contribution >= 0.6 is 0 Å². The van der Waals surface area contributed by atoms with Gasteiger partial charge in [-0.1, -0.05) is 36.4 Å². The van der Waals surface area contributed by atoms with Crippen molar-refractivity contribution in [2.75, 3.05) is 13.2 Å². The van der Waals surface area contributed by atoms with Crippen LogP contribution in [0.15, 0.2) is 48.1 Å². The second kappa shape index (κ2) is 6.68. The van der Waals surface area contributed by atoms with E-state index in [1.54, 1.807) is 18.2 Å². The normalized spacial score (nSPS) is 14.5. The zero-order valence-electron chi connectivity index (χ0n) is 12.0. The van der Waals surface area contributed by atoms with Gasteiger partial charge in [-0.2, -0.15) is 0 Å². The van der Waals surface area contributed by atoms with Gasteiger partial charge in [0.05, 0.1) is 13.2 Å². The summed E-state index contributed by atoms with van der Waals surface area (Å²) in [7, 11) is 0. The van der Waals surface area contributed by atoms with E-state index in [1.807, 2.05) is 12.2 Å². The van der Waals surface area contributed by atoms with Gasteiger partial charge in [-0.25, -0.2) is 0 Å². The molecule has 0 spiro atoms. The van der Waals surface area contributed by atoms with Crippen LogP contribution in [0.1, 0.15) is 28.8 Å². The van der Waals surface area contributed by atoms with Crippen LogP contribution in [0.4, 0.5) is 0 Å². The number of aliphatic hydroxyl groups excluding tert-OH is 2. The molecular weight excluding hydrogens is 284 g/mol. The summed E-state index contributed by atoms with van der Waals surface area (Å²) in [4.78, 5) is 23.9. The van der Waals surface area contributed by atoms with Crippen molar-refractivity contribution >= 4 is 11.8 Å². The number of allylic oxidation sites excluding steroid dienone is 4. The van der Waals surface area contributed by atoms with E-state index in [0.29, 0.717) is 11.1 Å². The van der Waals surface area contributed by atoms with Crippen molar-refractivity contribution in [2.24, 2.45) is 0 Å². The summed E-state index contributed by atoms with van der Waals surface area (Å²) in [5, 5.41) is 28.2. The maximum Gasteiger partial charge on any atom is 0.318 e. The van der Waals surface area contributed by atoms with Crippen molar-refractivity contribution in [1.29, 1.82) is 0 Å². The highest BCUT2D eigenvalue weighted by atomic mass is 16.4. The number of ketones is 1. The number of hydrogen-bond donors (Lipinski definition) is 3. The number of aliphatic hydroxyl groups is 2. The molecule has 5 heteroatoms. The second-order valence-corrected chi connectivity index (χ2v) is 5.25. The number of rotatable bonds is 6. The molecule has 1 aromatic rings. The summed E-state index contributed by atoms with van der Waals surface area (Å²) < 4.78 is 0. The molecule has 0 radical (unpaired) electrons. The molecule has 116 valence electrons. The van der Waals surface area contributed by atoms with Crippen LogP contribution in [0, 0.1) is 0 Å². The molecule has 5 nitrogen and oxygen atoms in total. The van der Waals surface area contributed by atoms with Crippen LogP contribution in [-0.4, -0.2) is 40.3 Å². The summed E-state index contributed by atoms with van der Waals surface area (Å²) in [5.41, 5.74) is -0.705. The van der Waals surface area contributed by atoms with E-state index in [4.69, 9.17) is 0 Å². The van der Waals surface area contributed by atoms with Gasteiger partial charge in [-0.15, -0.1) is 0 Å². The number of aliphatic carboxylic acids is 1. The number of carboxylic acid groups (broad SMARTS) is 1. The molecule has 1 aliphatic carbocycles. The Labute approximate surface area is 128 Å². The van der Waals surface area contributed by atoms with Crippen molar-refractivity contribution in [1.82, 2.24) is 0 Å². The molecule has 1 aliphatic rings. The van der Waals surface area contributed by atoms with Crippen LogP contribution in [0.25, 0.3) is 0 Å². The van der Waals surface area contributed by atoms with Gasteiger partial charge in [-0.3, -0.25) is 9.59 Å². The molecule has 1 aromatic carbocycles. The summed E-state index contributed by atoms with van der Waals surface area (Å²) in [6.45, 7) is -1.50. The highest BCUT2D eigenvalue weighted by Gasteiger charge is 2.39. The minimum Gasteiger partial charge on any atom is -0.480 e. The van der Waals surface area contributed by atoms with Crippen LogP contribution in [0.2, 0.25) is 0 Å². The standard InChI is InChI=1S/C17H18O5/c18-10-17(11-19,16(21)22)14-8-4-7-13(9-14)15(20)12-5-2-1-3-6-12/h2,4-9,18-19H,1,3,10-11H2,(H,21,22). The largest absolute Gasteiger partial charge is 0.480 e. The fourth-order valence-corrected chi connectivity index (χ4v) is 2.40. The van der Waals surface area contributed by atoms with E-state index in [0.717, 1.165) is 12.8 Å². The Morgan fingerprint density at radius 1 is 1.14 bits per heavy atom. The third-order valence-electron chi connectivity index (χ3n) is 3.88. The van der Waals surface area contributed by atoms with Crippen LogP contribution in [0.5, 0.6) is 0 Å². The van der Waals surface area contributed by atoms with E-state index in [2.05, 4.69) is 0 Å². The SMILES string of the molecule is O=C(C1=CCCC=C1)c1cccc(C(CO)(CO)C(=O)O)c1. The third kappa shape index (κ3) is 2.86. The topological polar surface area (TPSA) is 94.8 Å². The van der Waals surface area contributed by atoms with Crippen LogP contribution in [0.3, 0.4) is 0 Å². The molecule has 3 N–H and O–H groups in total. The summed E-state index contributed by atoms with van der Waals surface area (Å²) in [6, 6.07) is 6.06. The van der Waals surface area contributed by atoms with Crippen molar-refractivity contribution in [3.05, 3.63) is 59.2 Å². The molecule has 0 amide bonds. The Bertz CT molecular complexity index is 638. The number of benzene rings is 1. The Hall–Kier alpha value is -2.24. The van der Waals surface area contributed by atoms with Crippen molar-refractivity contribution < 1.29 is 24.9 Å². The zero-order valence-corrected chi connectivity index (χ0v) is 12.0. The first-order valence-electron chi connectivity index (χ1n) is 7.02. The number of carbonyl (C=O) groups excluding carboxylic acids is 1. The summed E-state index contributed by atoms with van der Waals surface area (Å²) in [6.07, 6.45) is 7.20. The zero-order chi connectivity index (χ0) is 16.2. The van der Waals surface area contributed by atoms with E-state index in [1.165, 1.54) is 12.1 Å². The average Bonchev–Trinajstić information content (AvgIpc) is 2.56. The Morgan fingerprint density at radius 2 is 1.86 bits per heavy atom. The molecule has 0 fully saturated rings. The number of carboxylic acids is 1. The predicted molar refractivity (Wildman–Crippen MR) is 80.7 cm³/mol. The lowest BCUT2D eigenvalue weighted by atomic mass is 9.81. The van der Waals surface area contributed by atoms with E-state index < -0.39 is 24.6 Å². The number of Topliss-reactive ketones (excluding diaryl/α,β-unsaturated/α-hetero) is 1. The molecule has 0 bridgehead atoms. The molecular formula is C17H18O5. The Balaban J connectivity index is 2.42. The smallest absolute Gasteiger partial charge is 0.318 e. The quantitative estimate of drug-likeness (QED) is 0.691. The molecule has 0 atom stereocenters. The number of carbonyl (C=O) groups is 2. The molecule has 0 saturated carbocycles. The maximum absolute atomic E-state index is 12.4. The Kier molecular flexibility index (Phi) is 4.90. The molecule has 0 heterocycles. The first-order valence-corrected chi connectivity index (χ1v) is 7.02. The molecule has 0 aliphatic heterocycles. The molecule has 22 heavy (non-hydrogen) atoms. The maximum atomic E-state index is 12.4. The first-order chi connectivity index (χ1) is 10.5. The van der Waals surface area contributed by atoms with E-state index in [-0.39, 0.29) is 11.3 Å². The lowest BCUT2D eigenvalue weighted by Gasteiger charge is -2.25. The molecule has 0 aromatic heterocycles. The Morgan fingerprint density at radius 3 is 2.41 bits per heavy atom. The van der Waals surface area contributed by atoms with Gasteiger partial charge in [0.2, 0.25) is 0 Å². The molecule has 0 unspecified atom stereocenters. The predicted octanol–water partition coefficient (Wildman–Crippen LogP) is 1.45. The van der Waals surface area contributed by atoms with Gasteiger partial charge >= 0.3 is 5.97 Å². The third-order valence-corrected chi connectivity index (χ3v) is 3.88. The highest BCUT2D eigenvalue weighted by molar-refractivity contribution is 6.10. The molecule has 2 rings (SSSR count). The van der Waals surface area contributed by atoms with Gasteiger partial charge in [0.1, 0.15) is 5.41 Å². The van der Waals surface area contributed by atoms with Crippen molar-refractivity contribution in [3.63, 3.8) is 0 Å². The van der Waals surface area contributed by atoms with Crippen LogP contribution in [-0.2, 0) is 10.2 Å². The fraction of sp³-hybridized carbons (Fsp3) is 0.294. The van der Waals surface area contributed by atoms with E-state index in [9.17, 15) is 24.9 Å². The second-order valence-electron chi connectivity index (χ2n) is 5.25. The lowest BCUT2D eigenvalue weighted by Crippen LogP contribution is -2.43. The monoisotopic (exact) mass is 302 g/mol. The first kappa shape index (κ1) is 16.1. The summed E-state index contributed by atoms with van der Waals surface area (Å²) >= 11 is 0. The highest BCUT2D eigenvalue weighted by Crippen LogP contribution is 2.26. The minimum atomic E-state index is -1.81. The average molecular weight is 302 g/mol. The lowest BCUT2D eigenvalue weighted by molar-refractivity contribution is -0.147. The number of hydrogen-bond acceptors (Lipinski definition) is 4. The minimum absolute atomic E-state index is 0.201. The van der Waals surface area contributed by atoms with Gasteiger partial charge in [0.15, 0.2) is 5.78 Å². The van der Waals surface area contributed by atoms with Crippen molar-refractivity contribution in [2.45, 2.75) is 18.3 Å². The van der Waals surface area contributed by atoms with Crippen molar-refractivity contribution in [3.8, 4) is 0 Å². The fourth-order valence-electron chi connectivity index (χ4n) is 2.40. The van der Waals surface area contributed by atoms with Gasteiger partial charge < -0.3 is 15.3 Å². The molecule has 0 saturated heterocycles. The van der Waals surface area contributed by atoms with Crippen LogP contribution < -0.4 is 0 Å². The van der Waals surface area contributed by atoms with Gasteiger partial charge in [0.25, 0.3) is 0 Å². The van der Waals surface area contributed by atoms with Gasteiger partial charge in [-0.05, 0) is 24.5 Å². The van der Waals surface area contributed by atoms with Gasteiger partial charge in [0, 0.05) is 11.1 Å². The van der Waals surface area contributed by atoms with E-state index >= 15 is 0 Å².